The van der Waals surface area contributed by atoms with Gasteiger partial charge in [-0.2, -0.15) is 0 Å². The van der Waals surface area contributed by atoms with Gasteiger partial charge in [0.15, 0.2) is 0 Å². The zero-order valence-corrected chi connectivity index (χ0v) is 16.2. The molecule has 1 aliphatic heterocycles. The van der Waals surface area contributed by atoms with Crippen LogP contribution in [0, 0.1) is 26.7 Å². The maximum Gasteiger partial charge on any atom is 0.223 e. The molecule has 0 bridgehead atoms. The number of likely N-dealkylation sites (tertiary alicyclic amines) is 1. The molecule has 0 saturated carbocycles. The Kier molecular flexibility index (Phi) is 4.44. The highest BCUT2D eigenvalue weighted by atomic mass is 32.1. The molecule has 2 aromatic heterocycles. The Hall–Kier alpha value is -1.62. The van der Waals surface area contributed by atoms with E-state index in [0.717, 1.165) is 44.6 Å². The largest absolute Gasteiger partial charge is 0.343 e. The molecule has 1 aliphatic carbocycles. The van der Waals surface area contributed by atoms with Gasteiger partial charge in [-0.25, -0.2) is 4.98 Å². The third-order valence-corrected chi connectivity index (χ3v) is 7.09. The number of rotatable bonds is 3. The highest BCUT2D eigenvalue weighted by Gasteiger charge is 2.29. The third kappa shape index (κ3) is 3.03. The molecule has 1 amide bonds. The predicted molar refractivity (Wildman–Crippen MR) is 102 cm³/mol. The number of piperidine rings is 1. The number of hydrogen-bond donors (Lipinski definition) is 0. The van der Waals surface area contributed by atoms with Gasteiger partial charge in [0.2, 0.25) is 5.91 Å². The van der Waals surface area contributed by atoms with Crippen molar-refractivity contribution in [3.05, 3.63) is 34.2 Å². The first-order valence-electron chi connectivity index (χ1n) is 9.44. The van der Waals surface area contributed by atoms with Crippen LogP contribution < -0.4 is 0 Å². The second kappa shape index (κ2) is 6.60. The standard InChI is InChI=1S/C20H27N3OS/c1-13-14(2)25-20-19(21-15(3)23(13)20)17-8-10-22(11-9-17)18(24)12-16-6-4-5-7-16/h4,6,16-17H,5,7-12H2,1-3H3/t16-/m1/s1. The quantitative estimate of drug-likeness (QED) is 0.764. The third-order valence-electron chi connectivity index (χ3n) is 5.91. The van der Waals surface area contributed by atoms with E-state index < -0.39 is 0 Å². The molecule has 2 aromatic rings. The first-order chi connectivity index (χ1) is 12.0. The number of aryl methyl sites for hydroxylation is 3. The Bertz CT molecular complexity index is 824. The van der Waals surface area contributed by atoms with E-state index in [1.807, 2.05) is 11.3 Å². The Balaban J connectivity index is 1.44. The maximum absolute atomic E-state index is 12.5. The van der Waals surface area contributed by atoms with E-state index in [4.69, 9.17) is 4.98 Å². The minimum atomic E-state index is 0.337. The van der Waals surface area contributed by atoms with Crippen molar-refractivity contribution in [3.63, 3.8) is 0 Å². The van der Waals surface area contributed by atoms with E-state index in [1.54, 1.807) is 0 Å². The summed E-state index contributed by atoms with van der Waals surface area (Å²) in [7, 11) is 0. The lowest BCUT2D eigenvalue weighted by atomic mass is 9.93. The molecule has 0 unspecified atom stereocenters. The molecule has 0 N–H and O–H groups in total. The Morgan fingerprint density at radius 3 is 2.68 bits per heavy atom. The number of amides is 1. The van der Waals surface area contributed by atoms with E-state index in [2.05, 4.69) is 42.2 Å². The van der Waals surface area contributed by atoms with Gasteiger partial charge >= 0.3 is 0 Å². The molecular formula is C20H27N3OS. The van der Waals surface area contributed by atoms with Crippen molar-refractivity contribution in [2.75, 3.05) is 13.1 Å². The lowest BCUT2D eigenvalue weighted by molar-refractivity contribution is -0.132. The molecule has 5 heteroatoms. The number of thiazole rings is 1. The summed E-state index contributed by atoms with van der Waals surface area (Å²) in [6.07, 6.45) is 9.47. The maximum atomic E-state index is 12.5. The molecule has 25 heavy (non-hydrogen) atoms. The van der Waals surface area contributed by atoms with Gasteiger partial charge in [0.1, 0.15) is 10.7 Å². The van der Waals surface area contributed by atoms with Crippen molar-refractivity contribution in [1.29, 1.82) is 0 Å². The molecule has 134 valence electrons. The van der Waals surface area contributed by atoms with Crippen molar-refractivity contribution in [1.82, 2.24) is 14.3 Å². The Morgan fingerprint density at radius 2 is 2.00 bits per heavy atom. The second-order valence-electron chi connectivity index (χ2n) is 7.55. The summed E-state index contributed by atoms with van der Waals surface area (Å²) >= 11 is 1.86. The molecule has 2 aliphatic rings. The van der Waals surface area contributed by atoms with Gasteiger partial charge in [-0.3, -0.25) is 9.20 Å². The van der Waals surface area contributed by atoms with E-state index in [1.165, 1.54) is 21.1 Å². The van der Waals surface area contributed by atoms with Crippen molar-refractivity contribution in [2.24, 2.45) is 5.92 Å². The average Bonchev–Trinajstić information content (AvgIpc) is 3.29. The lowest BCUT2D eigenvalue weighted by Gasteiger charge is -2.32. The summed E-state index contributed by atoms with van der Waals surface area (Å²) in [6.45, 7) is 8.22. The molecule has 1 saturated heterocycles. The van der Waals surface area contributed by atoms with E-state index >= 15 is 0 Å². The SMILES string of the molecule is Cc1sc2c(C3CCN(C(=O)C[C@@H]4C=CCC4)CC3)nc(C)n2c1C. The van der Waals surface area contributed by atoms with Crippen LogP contribution in [-0.2, 0) is 4.79 Å². The molecule has 0 radical (unpaired) electrons. The predicted octanol–water partition coefficient (Wildman–Crippen LogP) is 4.38. The molecule has 4 nitrogen and oxygen atoms in total. The molecule has 4 rings (SSSR count). The summed E-state index contributed by atoms with van der Waals surface area (Å²) < 4.78 is 2.30. The summed E-state index contributed by atoms with van der Waals surface area (Å²) in [4.78, 5) is 22.2. The van der Waals surface area contributed by atoms with E-state index in [9.17, 15) is 4.79 Å². The van der Waals surface area contributed by atoms with Crippen LogP contribution in [0.15, 0.2) is 12.2 Å². The topological polar surface area (TPSA) is 37.6 Å². The average molecular weight is 358 g/mol. The molecule has 3 heterocycles. The molecule has 0 spiro atoms. The number of aromatic nitrogens is 2. The normalized spacial score (nSPS) is 21.6. The number of imidazole rings is 1. The van der Waals surface area contributed by atoms with Gasteiger partial charge in [-0.05, 0) is 52.4 Å². The van der Waals surface area contributed by atoms with Gasteiger partial charge < -0.3 is 4.90 Å². The molecule has 0 aromatic carbocycles. The number of hydrogen-bond acceptors (Lipinski definition) is 3. The summed E-state index contributed by atoms with van der Waals surface area (Å²) in [6, 6.07) is 0. The van der Waals surface area contributed by atoms with Crippen LogP contribution in [-0.4, -0.2) is 33.3 Å². The number of carbonyl (C=O) groups excluding carboxylic acids is 1. The second-order valence-corrected chi connectivity index (χ2v) is 8.76. The Labute approximate surface area is 153 Å². The van der Waals surface area contributed by atoms with Crippen LogP contribution in [0.4, 0.5) is 0 Å². The van der Waals surface area contributed by atoms with Crippen LogP contribution in [0.5, 0.6) is 0 Å². The fourth-order valence-corrected chi connectivity index (χ4v) is 5.50. The van der Waals surface area contributed by atoms with Crippen LogP contribution >= 0.6 is 11.3 Å². The fourth-order valence-electron chi connectivity index (χ4n) is 4.29. The smallest absolute Gasteiger partial charge is 0.223 e. The highest BCUT2D eigenvalue weighted by molar-refractivity contribution is 7.17. The Morgan fingerprint density at radius 1 is 1.24 bits per heavy atom. The first-order valence-corrected chi connectivity index (χ1v) is 10.3. The van der Waals surface area contributed by atoms with Gasteiger partial charge in [-0.15, -0.1) is 11.3 Å². The van der Waals surface area contributed by atoms with Crippen LogP contribution in [0.1, 0.15) is 60.1 Å². The zero-order valence-electron chi connectivity index (χ0n) is 15.4. The lowest BCUT2D eigenvalue weighted by Crippen LogP contribution is -2.38. The number of fused-ring (bicyclic) bond motifs is 1. The van der Waals surface area contributed by atoms with Gasteiger partial charge in [-0.1, -0.05) is 12.2 Å². The monoisotopic (exact) mass is 357 g/mol. The van der Waals surface area contributed by atoms with Crippen molar-refractivity contribution in [2.45, 2.75) is 58.8 Å². The van der Waals surface area contributed by atoms with Crippen LogP contribution in [0.3, 0.4) is 0 Å². The van der Waals surface area contributed by atoms with Crippen LogP contribution in [0.25, 0.3) is 4.83 Å². The molecule has 1 fully saturated rings. The molecule has 1 atom stereocenters. The van der Waals surface area contributed by atoms with E-state index in [-0.39, 0.29) is 0 Å². The van der Waals surface area contributed by atoms with Crippen molar-refractivity contribution in [3.8, 4) is 0 Å². The first kappa shape index (κ1) is 16.8. The summed E-state index contributed by atoms with van der Waals surface area (Å²) in [5, 5.41) is 0. The minimum Gasteiger partial charge on any atom is -0.343 e. The van der Waals surface area contributed by atoms with E-state index in [0.29, 0.717) is 24.2 Å². The van der Waals surface area contributed by atoms with Gasteiger partial charge in [0.25, 0.3) is 0 Å². The number of nitrogens with zero attached hydrogens (tertiary/aromatic N) is 3. The van der Waals surface area contributed by atoms with Gasteiger partial charge in [0.05, 0.1) is 5.69 Å². The fraction of sp³-hybridized carbons (Fsp3) is 0.600. The van der Waals surface area contributed by atoms with Crippen LogP contribution in [0.2, 0.25) is 0 Å². The summed E-state index contributed by atoms with van der Waals surface area (Å²) in [5.41, 5.74) is 2.57. The van der Waals surface area contributed by atoms with Crippen molar-refractivity contribution < 1.29 is 4.79 Å². The minimum absolute atomic E-state index is 0.337. The van der Waals surface area contributed by atoms with Gasteiger partial charge in [0, 0.05) is 36.0 Å². The number of carbonyl (C=O) groups is 1. The summed E-state index contributed by atoms with van der Waals surface area (Å²) in [5.74, 6) is 2.39. The van der Waals surface area contributed by atoms with Crippen molar-refractivity contribution >= 4 is 22.1 Å². The highest BCUT2D eigenvalue weighted by Crippen LogP contribution is 2.35. The molecular weight excluding hydrogens is 330 g/mol. The zero-order chi connectivity index (χ0) is 17.6. The number of allylic oxidation sites excluding steroid dienone is 2.